The Morgan fingerprint density at radius 2 is 1.58 bits per heavy atom. The van der Waals surface area contributed by atoms with Crippen molar-refractivity contribution in [2.75, 3.05) is 12.0 Å². The second kappa shape index (κ2) is 7.85. The summed E-state index contributed by atoms with van der Waals surface area (Å²) >= 11 is 6.20. The maximum absolute atomic E-state index is 14.0. The van der Waals surface area contributed by atoms with Gasteiger partial charge in [0.15, 0.2) is 0 Å². The minimum atomic E-state index is -2.13. The Kier molecular flexibility index (Phi) is 4.94. The molecule has 6 rings (SSSR count). The van der Waals surface area contributed by atoms with Crippen LogP contribution in [-0.2, 0) is 14.3 Å². The van der Waals surface area contributed by atoms with Crippen molar-refractivity contribution in [1.82, 2.24) is 0 Å². The molecule has 2 fully saturated rings. The highest BCUT2D eigenvalue weighted by Crippen LogP contribution is 2.58. The highest BCUT2D eigenvalue weighted by molar-refractivity contribution is 6.37. The second-order valence-corrected chi connectivity index (χ2v) is 9.66. The molecule has 3 aromatic rings. The number of imide groups is 1. The van der Waals surface area contributed by atoms with Gasteiger partial charge < -0.3 is 9.47 Å². The van der Waals surface area contributed by atoms with Crippen molar-refractivity contribution >= 4 is 40.7 Å². The third kappa shape index (κ3) is 2.84. The van der Waals surface area contributed by atoms with Crippen molar-refractivity contribution in [3.8, 4) is 5.75 Å². The molecule has 3 atom stereocenters. The number of hydrogen-bond donors (Lipinski definition) is 0. The molecule has 3 aromatic carbocycles. The van der Waals surface area contributed by atoms with Crippen molar-refractivity contribution in [1.29, 1.82) is 0 Å². The number of fused-ring (bicyclic) bond motifs is 3. The van der Waals surface area contributed by atoms with Gasteiger partial charge in [0.25, 0.3) is 0 Å². The summed E-state index contributed by atoms with van der Waals surface area (Å²) in [6.45, 7) is 1.89. The van der Waals surface area contributed by atoms with E-state index in [0.29, 0.717) is 10.6 Å². The second-order valence-electron chi connectivity index (χ2n) is 9.22. The molecule has 8 heteroatoms. The number of rotatable bonds is 3. The van der Waals surface area contributed by atoms with Crippen LogP contribution in [0.4, 0.5) is 5.69 Å². The lowest BCUT2D eigenvalue weighted by molar-refractivity contribution is -0.127. The largest absolute Gasteiger partial charge is 0.495 e. The molecule has 0 bridgehead atoms. The third-order valence-corrected chi connectivity index (χ3v) is 7.51. The first kappa shape index (κ1) is 22.6. The van der Waals surface area contributed by atoms with E-state index in [4.69, 9.17) is 21.1 Å². The number of carbonyl (C=O) groups excluding carboxylic acids is 4. The predicted molar refractivity (Wildman–Crippen MR) is 130 cm³/mol. The van der Waals surface area contributed by atoms with Crippen LogP contribution in [0.3, 0.4) is 0 Å². The monoisotopic (exact) mass is 501 g/mol. The fourth-order valence-corrected chi connectivity index (χ4v) is 5.91. The third-order valence-electron chi connectivity index (χ3n) is 7.27. The van der Waals surface area contributed by atoms with Crippen molar-refractivity contribution in [2.24, 2.45) is 11.8 Å². The van der Waals surface area contributed by atoms with E-state index >= 15 is 0 Å². The number of nitrogens with zero attached hydrogens (tertiary/aromatic N) is 1. The fourth-order valence-electron chi connectivity index (χ4n) is 5.74. The van der Waals surface area contributed by atoms with E-state index in [-0.39, 0.29) is 22.6 Å². The van der Waals surface area contributed by atoms with Gasteiger partial charge in [-0.3, -0.25) is 19.2 Å². The van der Waals surface area contributed by atoms with Crippen LogP contribution in [-0.4, -0.2) is 36.1 Å². The number of Topliss-reactive ketones (excluding diaryl/α,β-unsaturated/α-hetero) is 2. The van der Waals surface area contributed by atoms with Crippen molar-refractivity contribution in [3.05, 3.63) is 94.0 Å². The maximum Gasteiger partial charge on any atom is 0.241 e. The Hall–Kier alpha value is -3.81. The van der Waals surface area contributed by atoms with E-state index < -0.39 is 46.9 Å². The van der Waals surface area contributed by atoms with Gasteiger partial charge >= 0.3 is 0 Å². The van der Waals surface area contributed by atoms with Gasteiger partial charge in [-0.1, -0.05) is 65.7 Å². The van der Waals surface area contributed by atoms with Crippen molar-refractivity contribution in [3.63, 3.8) is 0 Å². The maximum atomic E-state index is 14.0. The number of anilines is 1. The Balaban J connectivity index is 1.57. The van der Waals surface area contributed by atoms with E-state index in [1.165, 1.54) is 13.2 Å². The topological polar surface area (TPSA) is 90.0 Å². The lowest BCUT2D eigenvalue weighted by atomic mass is 9.77. The summed E-state index contributed by atoms with van der Waals surface area (Å²) in [5.74, 6) is -4.66. The smallest absolute Gasteiger partial charge is 0.241 e. The highest BCUT2D eigenvalue weighted by atomic mass is 35.5. The summed E-state index contributed by atoms with van der Waals surface area (Å²) in [7, 11) is 1.42. The summed E-state index contributed by atoms with van der Waals surface area (Å²) < 4.78 is 11.7. The summed E-state index contributed by atoms with van der Waals surface area (Å²) in [6, 6.07) is 18.3. The van der Waals surface area contributed by atoms with Crippen LogP contribution in [0, 0.1) is 18.8 Å². The van der Waals surface area contributed by atoms with Crippen LogP contribution >= 0.6 is 11.6 Å². The number of methoxy groups -OCH3 is 1. The molecule has 0 radical (unpaired) electrons. The molecular weight excluding hydrogens is 482 g/mol. The molecule has 0 N–H and O–H groups in total. The van der Waals surface area contributed by atoms with Crippen LogP contribution in [0.15, 0.2) is 66.7 Å². The molecule has 2 amide bonds. The quantitative estimate of drug-likeness (QED) is 0.391. The van der Waals surface area contributed by atoms with Gasteiger partial charge in [0.2, 0.25) is 29.0 Å². The zero-order valence-electron chi connectivity index (χ0n) is 19.4. The average Bonchev–Trinajstić information content (AvgIpc) is 3.44. The molecule has 7 nitrogen and oxygen atoms in total. The summed E-state index contributed by atoms with van der Waals surface area (Å²) in [5, 5.41) is 0.296. The number of ketones is 2. The van der Waals surface area contributed by atoms with E-state index in [0.717, 1.165) is 10.5 Å². The fraction of sp³-hybridized carbons (Fsp3) is 0.214. The minimum absolute atomic E-state index is 0.156. The molecule has 0 unspecified atom stereocenters. The zero-order valence-corrected chi connectivity index (χ0v) is 20.1. The molecule has 0 saturated carbocycles. The van der Waals surface area contributed by atoms with Crippen LogP contribution in [0.2, 0.25) is 5.02 Å². The number of aryl methyl sites for hydroxylation is 1. The van der Waals surface area contributed by atoms with Gasteiger partial charge in [0, 0.05) is 16.1 Å². The molecule has 36 heavy (non-hydrogen) atoms. The lowest BCUT2D eigenvalue weighted by Crippen LogP contribution is -2.51. The van der Waals surface area contributed by atoms with E-state index in [1.807, 2.05) is 19.1 Å². The first-order valence-electron chi connectivity index (χ1n) is 11.4. The number of ether oxygens (including phenoxy) is 2. The standard InChI is InChI=1S/C28H20ClNO6/c1-14-6-5-7-15(12-14)23-21-22(28(36-23)24(31)17-8-3-4-9-18(17)25(28)32)27(34)30(26(21)33)19-13-16(29)10-11-20(19)35-2/h3-13,21-23H,1-2H3/t21-,22-,23-/m0/s1. The number of benzene rings is 3. The van der Waals surface area contributed by atoms with Gasteiger partial charge in [0.05, 0.1) is 30.7 Å². The molecule has 3 aliphatic rings. The van der Waals surface area contributed by atoms with Crippen molar-refractivity contribution in [2.45, 2.75) is 18.6 Å². The average molecular weight is 502 g/mol. The van der Waals surface area contributed by atoms with Crippen LogP contribution in [0.1, 0.15) is 37.9 Å². The molecular formula is C28H20ClNO6. The molecule has 2 aliphatic heterocycles. The summed E-state index contributed by atoms with van der Waals surface area (Å²) in [4.78, 5) is 56.6. The molecule has 0 aromatic heterocycles. The number of halogens is 1. The summed E-state index contributed by atoms with van der Waals surface area (Å²) in [5.41, 5.74) is -0.0836. The van der Waals surface area contributed by atoms with Gasteiger partial charge in [-0.25, -0.2) is 4.90 Å². The molecule has 2 heterocycles. The van der Waals surface area contributed by atoms with Crippen LogP contribution in [0.5, 0.6) is 5.75 Å². The number of carbonyl (C=O) groups is 4. The Bertz CT molecular complexity index is 1460. The van der Waals surface area contributed by atoms with E-state index in [9.17, 15) is 19.2 Å². The highest BCUT2D eigenvalue weighted by Gasteiger charge is 2.74. The van der Waals surface area contributed by atoms with Gasteiger partial charge in [0.1, 0.15) is 5.75 Å². The molecule has 2 saturated heterocycles. The number of amides is 2. The normalized spacial score (nSPS) is 24.0. The SMILES string of the molecule is COc1ccc(Cl)cc1N1C(=O)[C@H]2[C@@H](C1=O)C1(O[C@H]2c2cccc(C)c2)C(=O)c2ccccc2C1=O. The van der Waals surface area contributed by atoms with E-state index in [2.05, 4.69) is 0 Å². The van der Waals surface area contributed by atoms with Crippen LogP contribution < -0.4 is 9.64 Å². The first-order chi connectivity index (χ1) is 17.3. The van der Waals surface area contributed by atoms with Gasteiger partial charge in [-0.15, -0.1) is 0 Å². The predicted octanol–water partition coefficient (Wildman–Crippen LogP) is 4.35. The lowest BCUT2D eigenvalue weighted by Gasteiger charge is -2.27. The molecule has 1 spiro atoms. The Morgan fingerprint density at radius 3 is 2.22 bits per heavy atom. The number of hydrogen-bond acceptors (Lipinski definition) is 6. The summed E-state index contributed by atoms with van der Waals surface area (Å²) in [6.07, 6.45) is -0.983. The van der Waals surface area contributed by atoms with Gasteiger partial charge in [-0.2, -0.15) is 0 Å². The zero-order chi connectivity index (χ0) is 25.4. The first-order valence-corrected chi connectivity index (χ1v) is 11.8. The Labute approximate surface area is 211 Å². The van der Waals surface area contributed by atoms with Crippen LogP contribution in [0.25, 0.3) is 0 Å². The minimum Gasteiger partial charge on any atom is -0.495 e. The Morgan fingerprint density at radius 1 is 0.889 bits per heavy atom. The van der Waals surface area contributed by atoms with Crippen molar-refractivity contribution < 1.29 is 28.7 Å². The van der Waals surface area contributed by atoms with E-state index in [1.54, 1.807) is 48.5 Å². The van der Waals surface area contributed by atoms with Gasteiger partial charge in [-0.05, 0) is 30.7 Å². The molecule has 1 aliphatic carbocycles. The molecule has 180 valence electrons.